The summed E-state index contributed by atoms with van der Waals surface area (Å²) < 4.78 is 7.20. The van der Waals surface area contributed by atoms with Crippen LogP contribution in [0.25, 0.3) is 0 Å². The summed E-state index contributed by atoms with van der Waals surface area (Å²) in [5.74, 6) is 4.14. The predicted molar refractivity (Wildman–Crippen MR) is 89.3 cm³/mol. The molecule has 5 heteroatoms. The van der Waals surface area contributed by atoms with Crippen LogP contribution in [-0.2, 0) is 11.3 Å². The largest absolute Gasteiger partial charge is 0.467 e. The van der Waals surface area contributed by atoms with Crippen molar-refractivity contribution in [2.45, 2.75) is 45.1 Å². The number of amides is 1. The first-order valence-corrected chi connectivity index (χ1v) is 9.06. The number of carbonyl (C=O) groups excluding carboxylic acids is 1. The van der Waals surface area contributed by atoms with Gasteiger partial charge in [-0.05, 0) is 68.4 Å². The smallest absolute Gasteiger partial charge is 0.231 e. The number of carbonyl (C=O) groups is 1. The molecule has 0 radical (unpaired) electrons. The third-order valence-electron chi connectivity index (χ3n) is 6.36. The second-order valence-corrected chi connectivity index (χ2v) is 8.11. The minimum atomic E-state index is -0.130. The molecule has 4 bridgehead atoms. The highest BCUT2D eigenvalue weighted by molar-refractivity contribution is 5.95. The number of furan rings is 1. The Morgan fingerprint density at radius 3 is 2.54 bits per heavy atom. The van der Waals surface area contributed by atoms with E-state index in [0.717, 1.165) is 48.6 Å². The van der Waals surface area contributed by atoms with Gasteiger partial charge in [0.25, 0.3) is 0 Å². The van der Waals surface area contributed by atoms with Gasteiger partial charge in [0.2, 0.25) is 5.91 Å². The summed E-state index contributed by atoms with van der Waals surface area (Å²) in [6, 6.07) is 5.67. The van der Waals surface area contributed by atoms with Crippen molar-refractivity contribution in [3.05, 3.63) is 36.4 Å². The fourth-order valence-electron chi connectivity index (χ4n) is 5.75. The molecule has 4 aliphatic carbocycles. The minimum absolute atomic E-state index is 0.130. The molecule has 4 aliphatic rings. The summed E-state index contributed by atoms with van der Waals surface area (Å²) in [5, 5.41) is 7.51. The molecule has 0 aliphatic heterocycles. The van der Waals surface area contributed by atoms with Crippen LogP contribution in [0.15, 0.2) is 35.1 Å². The summed E-state index contributed by atoms with van der Waals surface area (Å²) >= 11 is 0. The molecule has 0 aromatic carbocycles. The van der Waals surface area contributed by atoms with Crippen LogP contribution in [0.2, 0.25) is 0 Å². The Kier molecular flexibility index (Phi) is 3.12. The van der Waals surface area contributed by atoms with E-state index < -0.39 is 0 Å². The van der Waals surface area contributed by atoms with E-state index in [-0.39, 0.29) is 11.3 Å². The van der Waals surface area contributed by atoms with Crippen LogP contribution in [0.5, 0.6) is 0 Å². The van der Waals surface area contributed by atoms with Gasteiger partial charge in [-0.15, -0.1) is 0 Å². The maximum Gasteiger partial charge on any atom is 0.231 e. The van der Waals surface area contributed by atoms with Crippen LogP contribution >= 0.6 is 0 Å². The van der Waals surface area contributed by atoms with Gasteiger partial charge in [-0.1, -0.05) is 0 Å². The summed E-state index contributed by atoms with van der Waals surface area (Å²) in [6.45, 7) is 0.538. The van der Waals surface area contributed by atoms with Crippen LogP contribution in [0.4, 0.5) is 5.82 Å². The standard InChI is InChI=1S/C19H23N3O2/c23-18(19-9-13-6-14(10-19)8-15(7-13)11-19)21-17-3-4-20-22(17)12-16-2-1-5-24-16/h1-5,13-15H,6-12H2,(H,21,23). The lowest BCUT2D eigenvalue weighted by molar-refractivity contribution is -0.140. The SMILES string of the molecule is O=C(Nc1ccnn1Cc1ccco1)C12CC3CC(CC(C3)C1)C2. The zero-order valence-corrected chi connectivity index (χ0v) is 13.8. The Bertz CT molecular complexity index is 711. The summed E-state index contributed by atoms with van der Waals surface area (Å²) in [4.78, 5) is 13.1. The van der Waals surface area contributed by atoms with E-state index in [4.69, 9.17) is 4.42 Å². The number of hydrogen-bond donors (Lipinski definition) is 1. The quantitative estimate of drug-likeness (QED) is 0.933. The van der Waals surface area contributed by atoms with Crippen LogP contribution in [-0.4, -0.2) is 15.7 Å². The van der Waals surface area contributed by atoms with E-state index in [1.54, 1.807) is 17.1 Å². The molecule has 0 unspecified atom stereocenters. The van der Waals surface area contributed by atoms with E-state index in [2.05, 4.69) is 10.4 Å². The minimum Gasteiger partial charge on any atom is -0.467 e. The summed E-state index contributed by atoms with van der Waals surface area (Å²) in [6.07, 6.45) is 10.7. The van der Waals surface area contributed by atoms with Crippen molar-refractivity contribution in [1.29, 1.82) is 0 Å². The second kappa shape index (κ2) is 5.23. The molecule has 0 spiro atoms. The van der Waals surface area contributed by atoms with Gasteiger partial charge in [0.15, 0.2) is 0 Å². The topological polar surface area (TPSA) is 60.1 Å². The fraction of sp³-hybridized carbons (Fsp3) is 0.579. The fourth-order valence-corrected chi connectivity index (χ4v) is 5.75. The molecule has 0 atom stereocenters. The Hall–Kier alpha value is -2.04. The van der Waals surface area contributed by atoms with Crippen LogP contribution in [0.3, 0.4) is 0 Å². The Morgan fingerprint density at radius 2 is 1.92 bits per heavy atom. The molecule has 126 valence electrons. The van der Waals surface area contributed by atoms with Gasteiger partial charge < -0.3 is 9.73 Å². The molecule has 4 saturated carbocycles. The average Bonchev–Trinajstić information content (AvgIpc) is 3.19. The zero-order valence-electron chi connectivity index (χ0n) is 13.8. The summed E-state index contributed by atoms with van der Waals surface area (Å²) in [7, 11) is 0. The van der Waals surface area contributed by atoms with Crippen molar-refractivity contribution >= 4 is 11.7 Å². The van der Waals surface area contributed by atoms with Crippen molar-refractivity contribution < 1.29 is 9.21 Å². The maximum absolute atomic E-state index is 13.1. The number of hydrogen-bond acceptors (Lipinski definition) is 3. The van der Waals surface area contributed by atoms with Gasteiger partial charge in [0, 0.05) is 6.07 Å². The third kappa shape index (κ3) is 2.29. The first kappa shape index (κ1) is 14.3. The van der Waals surface area contributed by atoms with Crippen molar-refractivity contribution in [2.24, 2.45) is 23.2 Å². The van der Waals surface area contributed by atoms with Gasteiger partial charge in [-0.25, -0.2) is 4.68 Å². The highest BCUT2D eigenvalue weighted by atomic mass is 16.3. The maximum atomic E-state index is 13.1. The molecule has 24 heavy (non-hydrogen) atoms. The van der Waals surface area contributed by atoms with E-state index >= 15 is 0 Å². The highest BCUT2D eigenvalue weighted by Gasteiger charge is 2.54. The Labute approximate surface area is 141 Å². The molecule has 5 nitrogen and oxygen atoms in total. The number of nitrogens with one attached hydrogen (secondary N) is 1. The molecular formula is C19H23N3O2. The molecule has 0 saturated heterocycles. The van der Waals surface area contributed by atoms with Gasteiger partial charge >= 0.3 is 0 Å². The lowest BCUT2D eigenvalue weighted by atomic mass is 9.49. The normalized spacial score (nSPS) is 33.8. The monoisotopic (exact) mass is 325 g/mol. The molecule has 2 aromatic heterocycles. The predicted octanol–water partition coefficient (Wildman–Crippen LogP) is 3.68. The molecule has 1 N–H and O–H groups in total. The lowest BCUT2D eigenvalue weighted by Gasteiger charge is -2.55. The molecule has 1 amide bonds. The van der Waals surface area contributed by atoms with Gasteiger partial charge in [0.1, 0.15) is 18.1 Å². The first-order valence-electron chi connectivity index (χ1n) is 9.06. The number of aromatic nitrogens is 2. The Balaban J connectivity index is 1.35. The first-order chi connectivity index (χ1) is 11.7. The van der Waals surface area contributed by atoms with Crippen LogP contribution in [0.1, 0.15) is 44.3 Å². The number of anilines is 1. The zero-order chi connectivity index (χ0) is 16.1. The van der Waals surface area contributed by atoms with Crippen molar-refractivity contribution in [1.82, 2.24) is 9.78 Å². The molecule has 4 fully saturated rings. The summed E-state index contributed by atoms with van der Waals surface area (Å²) in [5.41, 5.74) is -0.130. The average molecular weight is 325 g/mol. The third-order valence-corrected chi connectivity index (χ3v) is 6.36. The number of rotatable bonds is 4. The van der Waals surface area contributed by atoms with E-state index in [9.17, 15) is 4.79 Å². The van der Waals surface area contributed by atoms with Crippen molar-refractivity contribution in [2.75, 3.05) is 5.32 Å². The lowest BCUT2D eigenvalue weighted by Crippen LogP contribution is -2.51. The molecule has 6 rings (SSSR count). The molecular weight excluding hydrogens is 302 g/mol. The van der Waals surface area contributed by atoms with E-state index in [1.165, 1.54) is 19.3 Å². The van der Waals surface area contributed by atoms with Crippen molar-refractivity contribution in [3.63, 3.8) is 0 Å². The molecule has 2 aromatic rings. The molecule has 2 heterocycles. The van der Waals surface area contributed by atoms with Crippen LogP contribution < -0.4 is 5.32 Å². The van der Waals surface area contributed by atoms with Gasteiger partial charge in [-0.3, -0.25) is 4.79 Å². The number of nitrogens with zero attached hydrogens (tertiary/aromatic N) is 2. The van der Waals surface area contributed by atoms with E-state index in [0.29, 0.717) is 6.54 Å². The Morgan fingerprint density at radius 1 is 1.21 bits per heavy atom. The van der Waals surface area contributed by atoms with Crippen molar-refractivity contribution in [3.8, 4) is 0 Å². The highest BCUT2D eigenvalue weighted by Crippen LogP contribution is 2.60. The van der Waals surface area contributed by atoms with Gasteiger partial charge in [0.05, 0.1) is 17.9 Å². The van der Waals surface area contributed by atoms with Crippen LogP contribution in [0, 0.1) is 23.2 Å². The van der Waals surface area contributed by atoms with Gasteiger partial charge in [-0.2, -0.15) is 5.10 Å². The second-order valence-electron chi connectivity index (χ2n) is 8.11. The van der Waals surface area contributed by atoms with E-state index in [1.807, 2.05) is 18.2 Å².